The standard InChI is InChI=1S/C2H5NO3.Mg/c1-2-6-3(4)5;/h2H2,1H3;/q;+2. The minimum absolute atomic E-state index is 0. The van der Waals surface area contributed by atoms with Gasteiger partial charge in [0, 0.05) is 0 Å². The van der Waals surface area contributed by atoms with Gasteiger partial charge in [0.2, 0.25) is 0 Å². The van der Waals surface area contributed by atoms with Crippen LogP contribution in [0.3, 0.4) is 0 Å². The van der Waals surface area contributed by atoms with Crippen molar-refractivity contribution in [3.8, 4) is 0 Å². The third kappa shape index (κ3) is 10.7. The molecule has 0 radical (unpaired) electrons. The Morgan fingerprint density at radius 1 is 1.86 bits per heavy atom. The van der Waals surface area contributed by atoms with Gasteiger partial charge in [0.15, 0.2) is 0 Å². The summed E-state index contributed by atoms with van der Waals surface area (Å²) >= 11 is 0. The van der Waals surface area contributed by atoms with E-state index in [0.717, 1.165) is 0 Å². The van der Waals surface area contributed by atoms with Gasteiger partial charge in [0.1, 0.15) is 0 Å². The molecule has 5 heteroatoms. The smallest absolute Gasteiger partial charge is 0.314 e. The number of hydrogen-bond acceptors (Lipinski definition) is 3. The predicted octanol–water partition coefficient (Wildman–Crippen LogP) is -0.166. The van der Waals surface area contributed by atoms with Crippen molar-refractivity contribution in [3.63, 3.8) is 0 Å². The molecule has 0 saturated heterocycles. The van der Waals surface area contributed by atoms with E-state index in [1.807, 2.05) is 0 Å². The molecule has 0 rings (SSSR count). The molecular formula is C2H5MgNO3+2. The second kappa shape index (κ2) is 5.97. The first-order valence-corrected chi connectivity index (χ1v) is 1.54. The molecule has 0 bridgehead atoms. The molecule has 36 valence electrons. The Hall–Kier alpha value is -0.0338. The minimum atomic E-state index is -0.819. The molecule has 0 saturated carbocycles. The van der Waals surface area contributed by atoms with Crippen LogP contribution in [0.5, 0.6) is 0 Å². The van der Waals surface area contributed by atoms with Crippen molar-refractivity contribution in [1.29, 1.82) is 0 Å². The van der Waals surface area contributed by atoms with E-state index in [4.69, 9.17) is 0 Å². The molecule has 0 aromatic heterocycles. The normalized spacial score (nSPS) is 6.43. The van der Waals surface area contributed by atoms with Gasteiger partial charge < -0.3 is 4.84 Å². The van der Waals surface area contributed by atoms with Gasteiger partial charge in [-0.05, 0) is 6.92 Å². The largest absolute Gasteiger partial charge is 2.00 e. The molecule has 0 heterocycles. The summed E-state index contributed by atoms with van der Waals surface area (Å²) in [4.78, 5) is 12.9. The van der Waals surface area contributed by atoms with E-state index in [-0.39, 0.29) is 29.7 Å². The first-order valence-electron chi connectivity index (χ1n) is 1.54. The van der Waals surface area contributed by atoms with Crippen molar-refractivity contribution in [2.45, 2.75) is 6.92 Å². The molecule has 0 N–H and O–H groups in total. The van der Waals surface area contributed by atoms with Crippen molar-refractivity contribution < 1.29 is 9.92 Å². The van der Waals surface area contributed by atoms with Crippen LogP contribution in [0.4, 0.5) is 0 Å². The van der Waals surface area contributed by atoms with Crippen LogP contribution in [0.25, 0.3) is 0 Å². The Morgan fingerprint density at radius 2 is 2.29 bits per heavy atom. The topological polar surface area (TPSA) is 52.4 Å². The molecule has 0 aliphatic heterocycles. The SMILES string of the molecule is CCO[N+](=O)[O-].[Mg+2]. The molecule has 0 aliphatic rings. The number of rotatable bonds is 2. The summed E-state index contributed by atoms with van der Waals surface area (Å²) in [6.45, 7) is 1.69. The fraction of sp³-hybridized carbons (Fsp3) is 1.00. The zero-order valence-corrected chi connectivity index (χ0v) is 5.50. The minimum Gasteiger partial charge on any atom is -0.314 e. The van der Waals surface area contributed by atoms with Crippen LogP contribution in [-0.2, 0) is 4.84 Å². The van der Waals surface area contributed by atoms with Gasteiger partial charge in [0.25, 0.3) is 5.09 Å². The summed E-state index contributed by atoms with van der Waals surface area (Å²) < 4.78 is 0. The maximum atomic E-state index is 9.18. The Bertz CT molecular complexity index is 56.9. The second-order valence-corrected chi connectivity index (χ2v) is 0.641. The van der Waals surface area contributed by atoms with Gasteiger partial charge in [-0.15, -0.1) is 10.1 Å². The van der Waals surface area contributed by atoms with Crippen LogP contribution < -0.4 is 0 Å². The third-order valence-corrected chi connectivity index (χ3v) is 0.235. The maximum absolute atomic E-state index is 9.18. The van der Waals surface area contributed by atoms with Crippen LogP contribution in [0, 0.1) is 10.1 Å². The molecule has 0 fully saturated rings. The van der Waals surface area contributed by atoms with E-state index in [9.17, 15) is 10.1 Å². The number of nitrogens with zero attached hydrogens (tertiary/aromatic N) is 1. The molecule has 0 atom stereocenters. The average Bonchev–Trinajstić information content (AvgIpc) is 1.35. The summed E-state index contributed by atoms with van der Waals surface area (Å²) in [5, 5.41) is 8.36. The predicted molar refractivity (Wildman–Crippen MR) is 24.4 cm³/mol. The van der Waals surface area contributed by atoms with Crippen LogP contribution >= 0.6 is 0 Å². The summed E-state index contributed by atoms with van der Waals surface area (Å²) in [7, 11) is 0. The van der Waals surface area contributed by atoms with Gasteiger partial charge in [-0.1, -0.05) is 0 Å². The first kappa shape index (κ1) is 10.1. The summed E-state index contributed by atoms with van der Waals surface area (Å²) in [6.07, 6.45) is 0. The quantitative estimate of drug-likeness (QED) is 0.285. The summed E-state index contributed by atoms with van der Waals surface area (Å²) in [5.74, 6) is 0. The van der Waals surface area contributed by atoms with Gasteiger partial charge in [-0.25, -0.2) is 0 Å². The first-order chi connectivity index (χ1) is 2.77. The van der Waals surface area contributed by atoms with Crippen LogP contribution in [-0.4, -0.2) is 34.7 Å². The monoisotopic (exact) mass is 115 g/mol. The van der Waals surface area contributed by atoms with E-state index in [1.165, 1.54) is 0 Å². The molecule has 0 spiro atoms. The Balaban J connectivity index is 0. The number of hydrogen-bond donors (Lipinski definition) is 0. The average molecular weight is 115 g/mol. The second-order valence-electron chi connectivity index (χ2n) is 0.641. The van der Waals surface area contributed by atoms with Crippen molar-refractivity contribution >= 4 is 23.1 Å². The van der Waals surface area contributed by atoms with Crippen molar-refractivity contribution in [1.82, 2.24) is 0 Å². The zero-order valence-electron chi connectivity index (χ0n) is 4.09. The molecular weight excluding hydrogens is 110 g/mol. The molecule has 0 aromatic carbocycles. The summed E-state index contributed by atoms with van der Waals surface area (Å²) in [5.41, 5.74) is 0. The van der Waals surface area contributed by atoms with Gasteiger partial charge in [-0.2, -0.15) is 0 Å². The molecule has 0 amide bonds. The third-order valence-electron chi connectivity index (χ3n) is 0.235. The van der Waals surface area contributed by atoms with Gasteiger partial charge >= 0.3 is 23.1 Å². The summed E-state index contributed by atoms with van der Waals surface area (Å²) in [6, 6.07) is 0. The van der Waals surface area contributed by atoms with Crippen LogP contribution in [0.15, 0.2) is 0 Å². The Kier molecular flexibility index (Phi) is 8.57. The van der Waals surface area contributed by atoms with Crippen molar-refractivity contribution in [2.24, 2.45) is 0 Å². The van der Waals surface area contributed by atoms with Crippen molar-refractivity contribution in [3.05, 3.63) is 10.1 Å². The van der Waals surface area contributed by atoms with Crippen molar-refractivity contribution in [2.75, 3.05) is 6.61 Å². The van der Waals surface area contributed by atoms with E-state index in [2.05, 4.69) is 4.84 Å². The maximum Gasteiger partial charge on any atom is 2.00 e. The molecule has 0 unspecified atom stereocenters. The van der Waals surface area contributed by atoms with Gasteiger partial charge in [0.05, 0.1) is 6.61 Å². The molecule has 0 aromatic rings. The molecule has 7 heavy (non-hydrogen) atoms. The van der Waals surface area contributed by atoms with E-state index >= 15 is 0 Å². The molecule has 4 nitrogen and oxygen atoms in total. The molecule has 0 aliphatic carbocycles. The van der Waals surface area contributed by atoms with E-state index in [0.29, 0.717) is 0 Å². The van der Waals surface area contributed by atoms with Crippen LogP contribution in [0.2, 0.25) is 0 Å². The Morgan fingerprint density at radius 3 is 2.29 bits per heavy atom. The van der Waals surface area contributed by atoms with E-state index in [1.54, 1.807) is 6.92 Å². The van der Waals surface area contributed by atoms with Crippen LogP contribution in [0.1, 0.15) is 6.92 Å². The fourth-order valence-corrected chi connectivity index (χ4v) is 0.105. The zero-order chi connectivity index (χ0) is 4.99. The van der Waals surface area contributed by atoms with Gasteiger partial charge in [-0.3, -0.25) is 0 Å². The van der Waals surface area contributed by atoms with E-state index < -0.39 is 5.09 Å². The fourth-order valence-electron chi connectivity index (χ4n) is 0.105. The Labute approximate surface area is 57.1 Å².